The zero-order valence-electron chi connectivity index (χ0n) is 12.3. The van der Waals surface area contributed by atoms with Gasteiger partial charge in [0.15, 0.2) is 8.03 Å². The lowest BCUT2D eigenvalue weighted by molar-refractivity contribution is 0.153. The summed E-state index contributed by atoms with van der Waals surface area (Å²) in [5.41, 5.74) is 1.15. The Morgan fingerprint density at radius 2 is 1.95 bits per heavy atom. The van der Waals surface area contributed by atoms with E-state index in [0.29, 0.717) is 18.9 Å². The largest absolute Gasteiger partial charge is 0.490 e. The van der Waals surface area contributed by atoms with Crippen LogP contribution in [0.1, 0.15) is 44.6 Å². The fraction of sp³-hybridized carbons (Fsp3) is 0.625. The fourth-order valence-corrected chi connectivity index (χ4v) is 3.60. The average molecular weight is 296 g/mol. The van der Waals surface area contributed by atoms with Gasteiger partial charge in [-0.05, 0) is 50.7 Å². The van der Waals surface area contributed by atoms with Gasteiger partial charge in [0.1, 0.15) is 5.75 Å². The van der Waals surface area contributed by atoms with Gasteiger partial charge in [-0.1, -0.05) is 24.6 Å². The molecule has 1 atom stereocenters. The minimum atomic E-state index is -1.89. The summed E-state index contributed by atoms with van der Waals surface area (Å²) in [5, 5.41) is 0. The Bertz CT molecular complexity index is 427. The summed E-state index contributed by atoms with van der Waals surface area (Å²) < 4.78 is 22.9. The fourth-order valence-electron chi connectivity index (χ4n) is 2.66. The van der Waals surface area contributed by atoms with E-state index in [2.05, 4.69) is 6.07 Å². The van der Waals surface area contributed by atoms with Crippen LogP contribution in [-0.2, 0) is 15.5 Å². The molecule has 1 aromatic carbocycles. The molecule has 1 saturated carbocycles. The van der Waals surface area contributed by atoms with Crippen molar-refractivity contribution in [3.8, 4) is 5.75 Å². The summed E-state index contributed by atoms with van der Waals surface area (Å²) in [6.45, 7) is 2.40. The Hall–Kier alpha value is -0.790. The van der Waals surface area contributed by atoms with Crippen molar-refractivity contribution < 1.29 is 13.8 Å². The van der Waals surface area contributed by atoms with Crippen molar-refractivity contribution in [1.29, 1.82) is 0 Å². The van der Waals surface area contributed by atoms with Gasteiger partial charge in [-0.25, -0.2) is 0 Å². The summed E-state index contributed by atoms with van der Waals surface area (Å²) in [7, 11) is -1.89. The second-order valence-corrected chi connectivity index (χ2v) is 6.82. The number of hydrogen-bond donors (Lipinski definition) is 0. The lowest BCUT2D eigenvalue weighted by atomic mass is 9.97. The molecule has 3 nitrogen and oxygen atoms in total. The number of ether oxygens (including phenoxy) is 1. The molecule has 1 aromatic rings. The van der Waals surface area contributed by atoms with Gasteiger partial charge in [-0.15, -0.1) is 0 Å². The van der Waals surface area contributed by atoms with Crippen molar-refractivity contribution in [3.05, 3.63) is 29.8 Å². The summed E-state index contributed by atoms with van der Waals surface area (Å²) >= 11 is 0. The van der Waals surface area contributed by atoms with Crippen LogP contribution in [-0.4, -0.2) is 18.9 Å². The van der Waals surface area contributed by atoms with Gasteiger partial charge in [-0.2, -0.15) is 0 Å². The molecule has 4 heteroatoms. The van der Waals surface area contributed by atoms with Crippen LogP contribution in [0.4, 0.5) is 0 Å². The first-order valence-corrected chi connectivity index (χ1v) is 9.22. The maximum Gasteiger partial charge on any atom is 0.191 e. The van der Waals surface area contributed by atoms with E-state index >= 15 is 0 Å². The molecule has 0 radical (unpaired) electrons. The molecular formula is C16H25O3P. The molecule has 1 unspecified atom stereocenters. The molecule has 0 spiro atoms. The lowest BCUT2D eigenvalue weighted by Crippen LogP contribution is -2.20. The standard InChI is InChI=1S/C16H25O3P/c1-2-18-20(17)13-12-14-8-6-7-11-16(14)19-15-9-4-3-5-10-15/h6-8,11,15,20H,2-5,9-10,12-13H2,1H3. The topological polar surface area (TPSA) is 35.5 Å². The van der Waals surface area contributed by atoms with Crippen molar-refractivity contribution in [2.45, 2.75) is 51.6 Å². The van der Waals surface area contributed by atoms with Crippen molar-refractivity contribution in [3.63, 3.8) is 0 Å². The van der Waals surface area contributed by atoms with Gasteiger partial charge in [-0.3, -0.25) is 4.57 Å². The van der Waals surface area contributed by atoms with Crippen molar-refractivity contribution in [2.24, 2.45) is 0 Å². The van der Waals surface area contributed by atoms with Crippen LogP contribution in [0.3, 0.4) is 0 Å². The van der Waals surface area contributed by atoms with Crippen LogP contribution in [0.2, 0.25) is 0 Å². The van der Waals surface area contributed by atoms with E-state index < -0.39 is 8.03 Å². The van der Waals surface area contributed by atoms with Crippen LogP contribution in [0.15, 0.2) is 24.3 Å². The highest BCUT2D eigenvalue weighted by molar-refractivity contribution is 7.39. The van der Waals surface area contributed by atoms with Gasteiger partial charge in [0.05, 0.1) is 12.7 Å². The summed E-state index contributed by atoms with van der Waals surface area (Å²) in [6.07, 6.45) is 7.90. The second-order valence-electron chi connectivity index (χ2n) is 5.29. The lowest BCUT2D eigenvalue weighted by Gasteiger charge is -2.24. The van der Waals surface area contributed by atoms with Gasteiger partial charge in [0, 0.05) is 6.16 Å². The third kappa shape index (κ3) is 4.96. The Labute approximate surface area is 122 Å². The second kappa shape index (κ2) is 8.49. The van der Waals surface area contributed by atoms with E-state index in [-0.39, 0.29) is 0 Å². The molecule has 0 N–H and O–H groups in total. The van der Waals surface area contributed by atoms with E-state index in [1.165, 1.54) is 19.3 Å². The molecule has 0 heterocycles. The van der Waals surface area contributed by atoms with E-state index in [1.54, 1.807) is 0 Å². The van der Waals surface area contributed by atoms with Crippen LogP contribution in [0.25, 0.3) is 0 Å². The van der Waals surface area contributed by atoms with Crippen LogP contribution < -0.4 is 4.74 Å². The number of hydrogen-bond acceptors (Lipinski definition) is 3. The maximum absolute atomic E-state index is 11.6. The van der Waals surface area contributed by atoms with Crippen molar-refractivity contribution in [2.75, 3.05) is 12.8 Å². The highest BCUT2D eigenvalue weighted by Gasteiger charge is 2.16. The Morgan fingerprint density at radius 3 is 2.70 bits per heavy atom. The highest BCUT2D eigenvalue weighted by atomic mass is 31.1. The smallest absolute Gasteiger partial charge is 0.191 e. The minimum absolute atomic E-state index is 0.355. The number of para-hydroxylation sites is 1. The molecule has 0 bridgehead atoms. The first-order chi connectivity index (χ1) is 9.79. The van der Waals surface area contributed by atoms with Crippen molar-refractivity contribution >= 4 is 8.03 Å². The molecule has 1 aliphatic rings. The predicted molar refractivity (Wildman–Crippen MR) is 83.1 cm³/mol. The van der Waals surface area contributed by atoms with Gasteiger partial charge in [0.25, 0.3) is 0 Å². The number of rotatable bonds is 7. The SMILES string of the molecule is CCO[PH](=O)CCc1ccccc1OC1CCCCC1. The Kier molecular flexibility index (Phi) is 6.62. The Balaban J connectivity index is 1.93. The van der Waals surface area contributed by atoms with Gasteiger partial charge >= 0.3 is 0 Å². The quantitative estimate of drug-likeness (QED) is 0.697. The first kappa shape index (κ1) is 15.6. The van der Waals surface area contributed by atoms with Crippen molar-refractivity contribution in [1.82, 2.24) is 0 Å². The van der Waals surface area contributed by atoms with Gasteiger partial charge < -0.3 is 9.26 Å². The molecule has 0 amide bonds. The van der Waals surface area contributed by atoms with Crippen LogP contribution in [0, 0.1) is 0 Å². The predicted octanol–water partition coefficient (Wildman–Crippen LogP) is 4.45. The highest BCUT2D eigenvalue weighted by Crippen LogP contribution is 2.29. The minimum Gasteiger partial charge on any atom is -0.490 e. The Morgan fingerprint density at radius 1 is 1.20 bits per heavy atom. The monoisotopic (exact) mass is 296 g/mol. The number of benzene rings is 1. The molecule has 112 valence electrons. The first-order valence-electron chi connectivity index (χ1n) is 7.69. The maximum atomic E-state index is 11.6. The normalized spacial score (nSPS) is 17.9. The van der Waals surface area contributed by atoms with E-state index in [1.807, 2.05) is 25.1 Å². The zero-order valence-corrected chi connectivity index (χ0v) is 13.3. The molecule has 20 heavy (non-hydrogen) atoms. The van der Waals surface area contributed by atoms with Crippen LogP contribution in [0.5, 0.6) is 5.75 Å². The molecule has 0 saturated heterocycles. The van der Waals surface area contributed by atoms with E-state index in [0.717, 1.165) is 30.6 Å². The third-order valence-electron chi connectivity index (χ3n) is 3.72. The van der Waals surface area contributed by atoms with E-state index in [4.69, 9.17) is 9.26 Å². The summed E-state index contributed by atoms with van der Waals surface area (Å²) in [6, 6.07) is 8.12. The molecule has 1 fully saturated rings. The summed E-state index contributed by atoms with van der Waals surface area (Å²) in [5.74, 6) is 0.964. The number of aryl methyl sites for hydroxylation is 1. The van der Waals surface area contributed by atoms with Gasteiger partial charge in [0.2, 0.25) is 0 Å². The zero-order chi connectivity index (χ0) is 14.2. The molecule has 2 rings (SSSR count). The molecule has 0 aromatic heterocycles. The summed E-state index contributed by atoms with van der Waals surface area (Å²) in [4.78, 5) is 0. The average Bonchev–Trinajstić information content (AvgIpc) is 2.48. The third-order valence-corrected chi connectivity index (χ3v) is 4.99. The van der Waals surface area contributed by atoms with Crippen LogP contribution >= 0.6 is 8.03 Å². The molecular weight excluding hydrogens is 271 g/mol. The van der Waals surface area contributed by atoms with E-state index in [9.17, 15) is 4.57 Å². The molecule has 0 aliphatic heterocycles. The molecule has 1 aliphatic carbocycles.